The van der Waals surface area contributed by atoms with Gasteiger partial charge in [0.1, 0.15) is 0 Å². The number of hydrogen-bond acceptors (Lipinski definition) is 3. The third-order valence-electron chi connectivity index (χ3n) is 3.54. The van der Waals surface area contributed by atoms with Crippen LogP contribution in [0, 0.1) is 5.92 Å². The Bertz CT molecular complexity index is 234. The van der Waals surface area contributed by atoms with Crippen LogP contribution >= 0.6 is 0 Å². The van der Waals surface area contributed by atoms with Gasteiger partial charge in [-0.05, 0) is 12.3 Å². The second-order valence-electron chi connectivity index (χ2n) is 4.66. The highest BCUT2D eigenvalue weighted by atomic mass is 16.2. The Morgan fingerprint density at radius 2 is 2.14 bits per heavy atom. The molecule has 14 heavy (non-hydrogen) atoms. The van der Waals surface area contributed by atoms with Crippen LogP contribution in [0.25, 0.3) is 0 Å². The minimum absolute atomic E-state index is 0.107. The first-order chi connectivity index (χ1) is 6.59. The van der Waals surface area contributed by atoms with Gasteiger partial charge in [0.15, 0.2) is 0 Å². The molecule has 2 aliphatic heterocycles. The molecule has 2 fully saturated rings. The van der Waals surface area contributed by atoms with Crippen LogP contribution in [-0.4, -0.2) is 54.5 Å². The van der Waals surface area contributed by atoms with E-state index in [0.717, 1.165) is 26.1 Å². The van der Waals surface area contributed by atoms with E-state index >= 15 is 0 Å². The van der Waals surface area contributed by atoms with Crippen LogP contribution in [0.1, 0.15) is 13.3 Å². The zero-order chi connectivity index (χ0) is 10.3. The lowest BCUT2D eigenvalue weighted by molar-refractivity contribution is -0.130. The molecule has 4 nitrogen and oxygen atoms in total. The Hall–Kier alpha value is -0.610. The monoisotopic (exact) mass is 197 g/mol. The van der Waals surface area contributed by atoms with E-state index in [-0.39, 0.29) is 18.0 Å². The summed E-state index contributed by atoms with van der Waals surface area (Å²) in [6.45, 7) is 4.91. The zero-order valence-corrected chi connectivity index (χ0v) is 8.94. The first-order valence-corrected chi connectivity index (χ1v) is 5.34. The largest absolute Gasteiger partial charge is 0.344 e. The lowest BCUT2D eigenvalue weighted by Gasteiger charge is -2.21. The van der Waals surface area contributed by atoms with Crippen molar-refractivity contribution in [3.63, 3.8) is 0 Å². The lowest BCUT2D eigenvalue weighted by Crippen LogP contribution is -2.40. The molecule has 2 heterocycles. The minimum atomic E-state index is 0.107. The van der Waals surface area contributed by atoms with Gasteiger partial charge in [0, 0.05) is 32.7 Å². The van der Waals surface area contributed by atoms with E-state index < -0.39 is 0 Å². The molecule has 3 unspecified atom stereocenters. The van der Waals surface area contributed by atoms with E-state index in [1.54, 1.807) is 0 Å². The molecule has 2 saturated heterocycles. The van der Waals surface area contributed by atoms with Gasteiger partial charge in [0.05, 0.1) is 6.04 Å². The van der Waals surface area contributed by atoms with Crippen LogP contribution < -0.4 is 5.73 Å². The van der Waals surface area contributed by atoms with Crippen LogP contribution in [0.3, 0.4) is 0 Å². The van der Waals surface area contributed by atoms with E-state index in [9.17, 15) is 4.79 Å². The van der Waals surface area contributed by atoms with Crippen molar-refractivity contribution in [2.75, 3.05) is 26.7 Å². The topological polar surface area (TPSA) is 49.6 Å². The van der Waals surface area contributed by atoms with Crippen LogP contribution in [0.5, 0.6) is 0 Å². The second-order valence-corrected chi connectivity index (χ2v) is 4.66. The molecule has 0 spiro atoms. The number of nitrogens with two attached hydrogens (primary N) is 1. The number of hydrogen-bond donors (Lipinski definition) is 1. The maximum absolute atomic E-state index is 11.7. The highest BCUT2D eigenvalue weighted by molar-refractivity contribution is 5.83. The molecule has 0 aromatic rings. The first-order valence-electron chi connectivity index (χ1n) is 5.34. The number of nitrogens with zero attached hydrogens (tertiary/aromatic N) is 2. The summed E-state index contributed by atoms with van der Waals surface area (Å²) in [5, 5.41) is 0. The molecule has 2 rings (SSSR count). The van der Waals surface area contributed by atoms with Gasteiger partial charge in [-0.3, -0.25) is 9.69 Å². The van der Waals surface area contributed by atoms with E-state index in [0.29, 0.717) is 5.92 Å². The molecule has 0 bridgehead atoms. The highest BCUT2D eigenvalue weighted by Gasteiger charge is 2.39. The molecule has 0 aliphatic carbocycles. The third-order valence-corrected chi connectivity index (χ3v) is 3.54. The number of likely N-dealkylation sites (tertiary alicyclic amines) is 2. The molecule has 2 N–H and O–H groups in total. The predicted molar refractivity (Wildman–Crippen MR) is 54.8 cm³/mol. The fourth-order valence-corrected chi connectivity index (χ4v) is 2.43. The summed E-state index contributed by atoms with van der Waals surface area (Å²) in [7, 11) is 1.88. The Kier molecular flexibility index (Phi) is 2.49. The predicted octanol–water partition coefficient (Wildman–Crippen LogP) is -0.504. The summed E-state index contributed by atoms with van der Waals surface area (Å²) in [5.41, 5.74) is 5.95. The second kappa shape index (κ2) is 3.51. The number of carbonyl (C=O) groups excluding carboxylic acids is 1. The van der Waals surface area contributed by atoms with E-state index in [1.165, 1.54) is 0 Å². The van der Waals surface area contributed by atoms with E-state index in [4.69, 9.17) is 5.73 Å². The van der Waals surface area contributed by atoms with Gasteiger partial charge >= 0.3 is 0 Å². The molecule has 0 aromatic heterocycles. The number of likely N-dealkylation sites (N-methyl/N-ethyl adjacent to an activating group) is 1. The molecular formula is C10H19N3O. The van der Waals surface area contributed by atoms with Crippen molar-refractivity contribution >= 4 is 5.91 Å². The summed E-state index contributed by atoms with van der Waals surface area (Å²) in [6, 6.07) is 0.352. The van der Waals surface area contributed by atoms with Gasteiger partial charge in [-0.1, -0.05) is 6.92 Å². The summed E-state index contributed by atoms with van der Waals surface area (Å²) < 4.78 is 0. The fourth-order valence-electron chi connectivity index (χ4n) is 2.43. The van der Waals surface area contributed by atoms with Crippen molar-refractivity contribution in [3.8, 4) is 0 Å². The average molecular weight is 197 g/mol. The lowest BCUT2D eigenvalue weighted by atomic mass is 10.1. The van der Waals surface area contributed by atoms with Crippen LogP contribution in [0.2, 0.25) is 0 Å². The Morgan fingerprint density at radius 3 is 2.57 bits per heavy atom. The van der Waals surface area contributed by atoms with Crippen molar-refractivity contribution < 1.29 is 4.79 Å². The Morgan fingerprint density at radius 1 is 1.43 bits per heavy atom. The maximum Gasteiger partial charge on any atom is 0.239 e. The van der Waals surface area contributed by atoms with Gasteiger partial charge in [-0.2, -0.15) is 0 Å². The fraction of sp³-hybridized carbons (Fsp3) is 0.900. The summed E-state index contributed by atoms with van der Waals surface area (Å²) in [4.78, 5) is 15.8. The highest BCUT2D eigenvalue weighted by Crippen LogP contribution is 2.23. The Balaban J connectivity index is 2.00. The normalized spacial score (nSPS) is 39.8. The van der Waals surface area contributed by atoms with Crippen LogP contribution in [0.4, 0.5) is 0 Å². The Labute approximate surface area is 85.0 Å². The third kappa shape index (κ3) is 1.53. The van der Waals surface area contributed by atoms with E-state index in [2.05, 4.69) is 11.8 Å². The molecule has 80 valence electrons. The van der Waals surface area contributed by atoms with Gasteiger partial charge < -0.3 is 10.6 Å². The molecule has 0 radical (unpaired) electrons. The molecule has 2 aliphatic rings. The molecule has 0 saturated carbocycles. The number of rotatable bonds is 1. The number of carbonyl (C=O) groups is 1. The van der Waals surface area contributed by atoms with E-state index in [1.807, 2.05) is 11.9 Å². The molecular weight excluding hydrogens is 178 g/mol. The SMILES string of the molecule is CC1CN(C2CCN(C)C2=O)CC1N. The van der Waals surface area contributed by atoms with Crippen molar-refractivity contribution in [2.24, 2.45) is 11.7 Å². The summed E-state index contributed by atoms with van der Waals surface area (Å²) in [5.74, 6) is 0.792. The van der Waals surface area contributed by atoms with Crippen molar-refractivity contribution in [2.45, 2.75) is 25.4 Å². The van der Waals surface area contributed by atoms with Gasteiger partial charge in [-0.15, -0.1) is 0 Å². The minimum Gasteiger partial charge on any atom is -0.344 e. The zero-order valence-electron chi connectivity index (χ0n) is 8.94. The molecule has 1 amide bonds. The van der Waals surface area contributed by atoms with Crippen molar-refractivity contribution in [1.29, 1.82) is 0 Å². The quantitative estimate of drug-likeness (QED) is 0.616. The van der Waals surface area contributed by atoms with Gasteiger partial charge in [0.2, 0.25) is 5.91 Å². The standard InChI is InChI=1S/C10H19N3O/c1-7-5-13(6-8(7)11)9-3-4-12(2)10(9)14/h7-9H,3-6,11H2,1-2H3. The maximum atomic E-state index is 11.7. The van der Waals surface area contributed by atoms with Crippen LogP contribution in [-0.2, 0) is 4.79 Å². The first kappa shape index (κ1) is 9.93. The molecule has 3 atom stereocenters. The van der Waals surface area contributed by atoms with Crippen molar-refractivity contribution in [3.05, 3.63) is 0 Å². The number of amides is 1. The summed E-state index contributed by atoms with van der Waals surface area (Å²) >= 11 is 0. The summed E-state index contributed by atoms with van der Waals surface area (Å²) in [6.07, 6.45) is 0.967. The molecule has 4 heteroatoms. The average Bonchev–Trinajstić information content (AvgIpc) is 2.61. The van der Waals surface area contributed by atoms with Gasteiger partial charge in [-0.25, -0.2) is 0 Å². The smallest absolute Gasteiger partial charge is 0.239 e. The van der Waals surface area contributed by atoms with Crippen LogP contribution in [0.15, 0.2) is 0 Å². The van der Waals surface area contributed by atoms with Crippen molar-refractivity contribution in [1.82, 2.24) is 9.80 Å². The van der Waals surface area contributed by atoms with Gasteiger partial charge in [0.25, 0.3) is 0 Å². The molecule has 0 aromatic carbocycles.